The highest BCUT2D eigenvalue weighted by molar-refractivity contribution is 6.01. The number of methoxy groups -OCH3 is 2. The normalized spacial score (nSPS) is 14.3. The molecular weight excluding hydrogens is 372 g/mol. The minimum Gasteiger partial charge on any atom is -0.497 e. The van der Waals surface area contributed by atoms with Crippen LogP contribution in [0.2, 0.25) is 0 Å². The summed E-state index contributed by atoms with van der Waals surface area (Å²) in [5.74, 6) is 1.92. The van der Waals surface area contributed by atoms with Gasteiger partial charge in [-0.2, -0.15) is 5.10 Å². The van der Waals surface area contributed by atoms with E-state index < -0.39 is 6.04 Å². The van der Waals surface area contributed by atoms with Crippen LogP contribution in [0.1, 0.15) is 31.0 Å². The molecule has 1 aliphatic rings. The van der Waals surface area contributed by atoms with Crippen molar-refractivity contribution in [2.24, 2.45) is 0 Å². The monoisotopic (exact) mass is 400 g/mol. The average molecular weight is 400 g/mol. The molecule has 8 nitrogen and oxygen atoms in total. The van der Waals surface area contributed by atoms with E-state index in [2.05, 4.69) is 10.4 Å². The van der Waals surface area contributed by atoms with Crippen LogP contribution in [-0.2, 0) is 22.6 Å². The van der Waals surface area contributed by atoms with E-state index in [1.165, 1.54) is 0 Å². The van der Waals surface area contributed by atoms with Gasteiger partial charge in [0.25, 0.3) is 0 Å². The first-order chi connectivity index (χ1) is 14.0. The van der Waals surface area contributed by atoms with Gasteiger partial charge in [0, 0.05) is 25.1 Å². The van der Waals surface area contributed by atoms with Crippen LogP contribution in [0.15, 0.2) is 24.3 Å². The molecule has 1 aromatic carbocycles. The van der Waals surface area contributed by atoms with E-state index in [-0.39, 0.29) is 11.8 Å². The molecule has 0 aliphatic carbocycles. The number of carbonyl (C=O) groups excluding carboxylic acids is 2. The van der Waals surface area contributed by atoms with Gasteiger partial charge in [0.05, 0.1) is 26.5 Å². The Balaban J connectivity index is 1.67. The Morgan fingerprint density at radius 3 is 2.76 bits per heavy atom. The fraction of sp³-hybridized carbons (Fsp3) is 0.476. The summed E-state index contributed by atoms with van der Waals surface area (Å²) in [5, 5.41) is 7.38. The molecule has 29 heavy (non-hydrogen) atoms. The number of amides is 2. The van der Waals surface area contributed by atoms with E-state index >= 15 is 0 Å². The molecule has 156 valence electrons. The minimum atomic E-state index is -0.560. The topological polar surface area (TPSA) is 85.7 Å². The maximum absolute atomic E-state index is 12.9. The third kappa shape index (κ3) is 4.36. The van der Waals surface area contributed by atoms with Gasteiger partial charge in [0.1, 0.15) is 23.4 Å². The summed E-state index contributed by atoms with van der Waals surface area (Å²) in [6.45, 7) is 4.79. The number of fused-ring (bicyclic) bond motifs is 1. The second-order valence-electron chi connectivity index (χ2n) is 7.02. The molecule has 0 radical (unpaired) electrons. The quantitative estimate of drug-likeness (QED) is 0.733. The molecule has 2 heterocycles. The molecule has 1 aliphatic heterocycles. The Labute approximate surface area is 170 Å². The zero-order valence-corrected chi connectivity index (χ0v) is 17.4. The van der Waals surface area contributed by atoms with Crippen LogP contribution in [0.5, 0.6) is 11.5 Å². The number of ether oxygens (including phenoxy) is 2. The number of rotatable bonds is 8. The van der Waals surface area contributed by atoms with Crippen molar-refractivity contribution in [3.63, 3.8) is 0 Å². The lowest BCUT2D eigenvalue weighted by Crippen LogP contribution is -2.52. The number of hydrogen-bond acceptors (Lipinski definition) is 5. The maximum atomic E-state index is 12.9. The smallest absolute Gasteiger partial charge is 0.243 e. The Morgan fingerprint density at radius 1 is 1.28 bits per heavy atom. The van der Waals surface area contributed by atoms with Crippen LogP contribution in [0.3, 0.4) is 0 Å². The van der Waals surface area contributed by atoms with Gasteiger partial charge in [0.2, 0.25) is 11.8 Å². The zero-order valence-electron chi connectivity index (χ0n) is 17.4. The lowest BCUT2D eigenvalue weighted by Gasteiger charge is -2.33. The molecule has 0 unspecified atom stereocenters. The van der Waals surface area contributed by atoms with E-state index in [9.17, 15) is 9.59 Å². The summed E-state index contributed by atoms with van der Waals surface area (Å²) in [5.41, 5.74) is 1.81. The molecule has 0 bridgehead atoms. The van der Waals surface area contributed by atoms with Gasteiger partial charge in [-0.25, -0.2) is 4.68 Å². The van der Waals surface area contributed by atoms with E-state index in [1.54, 1.807) is 23.8 Å². The average Bonchev–Trinajstić information content (AvgIpc) is 3.10. The number of carbonyl (C=O) groups is 2. The van der Waals surface area contributed by atoms with Crippen molar-refractivity contribution in [1.82, 2.24) is 15.1 Å². The first-order valence-electron chi connectivity index (χ1n) is 9.83. The summed E-state index contributed by atoms with van der Waals surface area (Å²) in [6, 6.07) is 6.91. The summed E-state index contributed by atoms with van der Waals surface area (Å²) in [4.78, 5) is 27.1. The maximum Gasteiger partial charge on any atom is 0.243 e. The van der Waals surface area contributed by atoms with E-state index in [1.807, 2.05) is 38.1 Å². The standard InChI is InChI=1S/C21H28N4O4/c1-5-17(25-19-12-14(2)23-24(19)11-9-20(25)26)21(27)22-10-8-15-6-7-16(28-3)13-18(15)29-4/h6-7,12-13,17H,5,8-11H2,1-4H3,(H,22,27)/t17-/m0/s1. The molecular formula is C21H28N4O4. The van der Waals surface area contributed by atoms with Crippen molar-refractivity contribution in [3.8, 4) is 11.5 Å². The lowest BCUT2D eigenvalue weighted by atomic mass is 10.1. The van der Waals surface area contributed by atoms with E-state index in [0.717, 1.165) is 22.8 Å². The SMILES string of the molecule is CC[C@@H](C(=O)NCCc1ccc(OC)cc1OC)N1C(=O)CCn2nc(C)cc21. The molecule has 3 rings (SSSR count). The Bertz CT molecular complexity index is 893. The first-order valence-corrected chi connectivity index (χ1v) is 9.83. The molecule has 1 aromatic heterocycles. The second-order valence-corrected chi connectivity index (χ2v) is 7.02. The number of nitrogens with zero attached hydrogens (tertiary/aromatic N) is 3. The van der Waals surface area contributed by atoms with Gasteiger partial charge in [0.15, 0.2) is 0 Å². The van der Waals surface area contributed by atoms with Crippen LogP contribution < -0.4 is 19.7 Å². The van der Waals surface area contributed by atoms with Crippen molar-refractivity contribution in [2.45, 2.75) is 45.7 Å². The zero-order chi connectivity index (χ0) is 21.0. The molecule has 2 amide bonds. The Morgan fingerprint density at radius 2 is 2.07 bits per heavy atom. The predicted molar refractivity (Wildman–Crippen MR) is 109 cm³/mol. The number of benzene rings is 1. The van der Waals surface area contributed by atoms with Gasteiger partial charge < -0.3 is 14.8 Å². The van der Waals surface area contributed by atoms with Gasteiger partial charge in [-0.15, -0.1) is 0 Å². The molecule has 1 N–H and O–H groups in total. The summed E-state index contributed by atoms with van der Waals surface area (Å²) < 4.78 is 12.4. The molecule has 2 aromatic rings. The highest BCUT2D eigenvalue weighted by atomic mass is 16.5. The highest BCUT2D eigenvalue weighted by Crippen LogP contribution is 2.27. The van der Waals surface area contributed by atoms with Crippen LogP contribution in [0, 0.1) is 6.92 Å². The van der Waals surface area contributed by atoms with Crippen LogP contribution in [-0.4, -0.2) is 48.4 Å². The third-order valence-corrected chi connectivity index (χ3v) is 5.12. The van der Waals surface area contributed by atoms with Gasteiger partial charge in [-0.1, -0.05) is 13.0 Å². The highest BCUT2D eigenvalue weighted by Gasteiger charge is 2.34. The van der Waals surface area contributed by atoms with Gasteiger partial charge >= 0.3 is 0 Å². The van der Waals surface area contributed by atoms with Crippen molar-refractivity contribution < 1.29 is 19.1 Å². The molecule has 8 heteroatoms. The van der Waals surface area contributed by atoms with Crippen LogP contribution in [0.25, 0.3) is 0 Å². The van der Waals surface area contributed by atoms with Gasteiger partial charge in [-0.3, -0.25) is 14.5 Å². The van der Waals surface area contributed by atoms with Crippen molar-refractivity contribution >= 4 is 17.6 Å². The fourth-order valence-corrected chi connectivity index (χ4v) is 3.66. The number of aromatic nitrogens is 2. The molecule has 0 fully saturated rings. The third-order valence-electron chi connectivity index (χ3n) is 5.12. The van der Waals surface area contributed by atoms with Crippen molar-refractivity contribution in [2.75, 3.05) is 25.7 Å². The number of aryl methyl sites for hydroxylation is 2. The van der Waals surface area contributed by atoms with E-state index in [4.69, 9.17) is 9.47 Å². The minimum absolute atomic E-state index is 0.0452. The Kier molecular flexibility index (Phi) is 6.41. The van der Waals surface area contributed by atoms with Crippen molar-refractivity contribution in [3.05, 3.63) is 35.5 Å². The molecule has 0 saturated heterocycles. The van der Waals surface area contributed by atoms with Gasteiger partial charge in [-0.05, 0) is 31.4 Å². The predicted octanol–water partition coefficient (Wildman–Crippen LogP) is 2.08. The van der Waals surface area contributed by atoms with Crippen molar-refractivity contribution in [1.29, 1.82) is 0 Å². The lowest BCUT2D eigenvalue weighted by molar-refractivity contribution is -0.127. The number of anilines is 1. The molecule has 0 saturated carbocycles. The number of nitrogens with one attached hydrogen (secondary N) is 1. The van der Waals surface area contributed by atoms with Crippen LogP contribution in [0.4, 0.5) is 5.82 Å². The summed E-state index contributed by atoms with van der Waals surface area (Å²) in [6.07, 6.45) is 1.48. The number of hydrogen-bond donors (Lipinski definition) is 1. The molecule has 0 spiro atoms. The first kappa shape index (κ1) is 20.7. The largest absolute Gasteiger partial charge is 0.497 e. The Hall–Kier alpha value is -3.03. The summed E-state index contributed by atoms with van der Waals surface area (Å²) in [7, 11) is 3.21. The van der Waals surface area contributed by atoms with E-state index in [0.29, 0.717) is 38.2 Å². The second kappa shape index (κ2) is 8.98. The fourth-order valence-electron chi connectivity index (χ4n) is 3.66. The molecule has 1 atom stereocenters. The summed E-state index contributed by atoms with van der Waals surface area (Å²) >= 11 is 0. The van der Waals surface area contributed by atoms with Crippen LogP contribution >= 0.6 is 0 Å².